The Morgan fingerprint density at radius 3 is 2.41 bits per heavy atom. The van der Waals surface area contributed by atoms with Gasteiger partial charge in [-0.05, 0) is 58.3 Å². The summed E-state index contributed by atoms with van der Waals surface area (Å²) in [5, 5.41) is 17.7. The summed E-state index contributed by atoms with van der Waals surface area (Å²) in [5.74, 6) is 0.452. The molecule has 2 aliphatic rings. The lowest BCUT2D eigenvalue weighted by molar-refractivity contribution is -0.182. The van der Waals surface area contributed by atoms with Crippen LogP contribution in [0.4, 0.5) is 4.79 Å². The number of nitrogens with one attached hydrogen (secondary N) is 3. The van der Waals surface area contributed by atoms with E-state index in [4.69, 9.17) is 4.74 Å². The van der Waals surface area contributed by atoms with Crippen LogP contribution in [0.15, 0.2) is 0 Å². The van der Waals surface area contributed by atoms with Crippen molar-refractivity contribution < 1.29 is 19.4 Å². The summed E-state index contributed by atoms with van der Waals surface area (Å²) in [7, 11) is 0. The number of carbonyl (C=O) groups is 2. The molecule has 1 heterocycles. The number of aliphatic hydroxyl groups excluding tert-OH is 1. The standard InChI is InChI=1S/C15H27N3O4/c1-15(2,3)22-14(21)16-8-9-4-6-10(7-5-9)11-12(19)18-13(20)17-11/h9-11,14,16,21H,4-8H2,1-3H3,(H2,17,18,19,20). The van der Waals surface area contributed by atoms with Crippen molar-refractivity contribution in [2.75, 3.05) is 6.54 Å². The number of hydrogen-bond acceptors (Lipinski definition) is 5. The first-order valence-corrected chi connectivity index (χ1v) is 7.95. The Bertz CT molecular complexity index is 414. The summed E-state index contributed by atoms with van der Waals surface area (Å²) >= 11 is 0. The maximum Gasteiger partial charge on any atom is 0.322 e. The Hall–Kier alpha value is -1.18. The third kappa shape index (κ3) is 4.93. The first kappa shape index (κ1) is 17.2. The van der Waals surface area contributed by atoms with Gasteiger partial charge in [0.25, 0.3) is 5.91 Å². The second-order valence-electron chi connectivity index (χ2n) is 7.21. The summed E-state index contributed by atoms with van der Waals surface area (Å²) in [6.45, 7) is 6.37. The molecule has 0 radical (unpaired) electrons. The van der Waals surface area contributed by atoms with E-state index in [1.54, 1.807) is 0 Å². The molecule has 2 atom stereocenters. The Balaban J connectivity index is 1.69. The fourth-order valence-corrected chi connectivity index (χ4v) is 3.13. The molecule has 7 heteroatoms. The first-order chi connectivity index (χ1) is 10.2. The number of aliphatic hydroxyl groups is 1. The number of imide groups is 1. The summed E-state index contributed by atoms with van der Waals surface area (Å²) in [4.78, 5) is 22.8. The highest BCUT2D eigenvalue weighted by molar-refractivity contribution is 6.04. The van der Waals surface area contributed by atoms with Crippen molar-refractivity contribution >= 4 is 11.9 Å². The van der Waals surface area contributed by atoms with Crippen molar-refractivity contribution in [3.8, 4) is 0 Å². The highest BCUT2D eigenvalue weighted by Crippen LogP contribution is 2.31. The van der Waals surface area contributed by atoms with Crippen LogP contribution < -0.4 is 16.0 Å². The minimum Gasteiger partial charge on any atom is -0.356 e. The predicted octanol–water partition coefficient (Wildman–Crippen LogP) is 0.681. The predicted molar refractivity (Wildman–Crippen MR) is 80.8 cm³/mol. The Kier molecular flexibility index (Phi) is 5.41. The molecular formula is C15H27N3O4. The number of urea groups is 1. The molecule has 0 bridgehead atoms. The van der Waals surface area contributed by atoms with Crippen LogP contribution in [0.2, 0.25) is 0 Å². The van der Waals surface area contributed by atoms with Crippen LogP contribution in [0.5, 0.6) is 0 Å². The van der Waals surface area contributed by atoms with Crippen LogP contribution >= 0.6 is 0 Å². The second-order valence-corrected chi connectivity index (χ2v) is 7.21. The zero-order chi connectivity index (χ0) is 16.3. The van der Waals surface area contributed by atoms with Gasteiger partial charge in [0.1, 0.15) is 6.04 Å². The molecule has 126 valence electrons. The third-order valence-corrected chi connectivity index (χ3v) is 4.21. The monoisotopic (exact) mass is 313 g/mol. The fourth-order valence-electron chi connectivity index (χ4n) is 3.13. The lowest BCUT2D eigenvalue weighted by Gasteiger charge is -2.32. The van der Waals surface area contributed by atoms with Gasteiger partial charge in [-0.2, -0.15) is 0 Å². The molecule has 22 heavy (non-hydrogen) atoms. The summed E-state index contributed by atoms with van der Waals surface area (Å²) < 4.78 is 5.40. The van der Waals surface area contributed by atoms with Crippen molar-refractivity contribution in [1.82, 2.24) is 16.0 Å². The molecule has 2 fully saturated rings. The molecule has 2 unspecified atom stereocenters. The Morgan fingerprint density at radius 2 is 1.91 bits per heavy atom. The summed E-state index contributed by atoms with van der Waals surface area (Å²) in [6.07, 6.45) is 2.79. The molecule has 0 aromatic rings. The molecule has 1 saturated carbocycles. The summed E-state index contributed by atoms with van der Waals surface area (Å²) in [5.41, 5.74) is -0.391. The molecule has 0 aromatic carbocycles. The van der Waals surface area contributed by atoms with Gasteiger partial charge in [-0.3, -0.25) is 15.4 Å². The maximum atomic E-state index is 11.7. The molecule has 0 aromatic heterocycles. The smallest absolute Gasteiger partial charge is 0.322 e. The molecular weight excluding hydrogens is 286 g/mol. The maximum absolute atomic E-state index is 11.7. The largest absolute Gasteiger partial charge is 0.356 e. The number of carbonyl (C=O) groups excluding carboxylic acids is 2. The van der Waals surface area contributed by atoms with E-state index in [2.05, 4.69) is 16.0 Å². The van der Waals surface area contributed by atoms with E-state index in [0.29, 0.717) is 12.5 Å². The highest BCUT2D eigenvalue weighted by Gasteiger charge is 2.37. The molecule has 2 rings (SSSR count). The highest BCUT2D eigenvalue weighted by atomic mass is 16.6. The lowest BCUT2D eigenvalue weighted by Crippen LogP contribution is -2.42. The Morgan fingerprint density at radius 1 is 1.27 bits per heavy atom. The van der Waals surface area contributed by atoms with Crippen LogP contribution in [-0.4, -0.2) is 41.6 Å². The number of amides is 3. The molecule has 7 nitrogen and oxygen atoms in total. The van der Waals surface area contributed by atoms with Gasteiger partial charge in [0.2, 0.25) is 6.41 Å². The number of rotatable bonds is 5. The van der Waals surface area contributed by atoms with Crippen LogP contribution in [0.1, 0.15) is 46.5 Å². The van der Waals surface area contributed by atoms with Gasteiger partial charge in [-0.15, -0.1) is 0 Å². The fraction of sp³-hybridized carbons (Fsp3) is 0.867. The van der Waals surface area contributed by atoms with Gasteiger partial charge >= 0.3 is 6.03 Å². The Labute approximate surface area is 131 Å². The minimum absolute atomic E-state index is 0.207. The van der Waals surface area contributed by atoms with Crippen molar-refractivity contribution in [2.45, 2.75) is 64.5 Å². The molecule has 4 N–H and O–H groups in total. The number of ether oxygens (including phenoxy) is 1. The van der Waals surface area contributed by atoms with Gasteiger partial charge in [0.05, 0.1) is 5.60 Å². The normalized spacial score (nSPS) is 30.8. The van der Waals surface area contributed by atoms with Crippen molar-refractivity contribution in [3.63, 3.8) is 0 Å². The van der Waals surface area contributed by atoms with Crippen molar-refractivity contribution in [3.05, 3.63) is 0 Å². The molecule has 1 saturated heterocycles. The quantitative estimate of drug-likeness (QED) is 0.442. The molecule has 3 amide bonds. The zero-order valence-corrected chi connectivity index (χ0v) is 13.5. The molecule has 1 aliphatic heterocycles. The average molecular weight is 313 g/mol. The SMILES string of the molecule is CC(C)(C)OC(O)NCC1CCC(C2NC(=O)NC2=O)CC1. The van der Waals surface area contributed by atoms with Crippen LogP contribution in [0.3, 0.4) is 0 Å². The first-order valence-electron chi connectivity index (χ1n) is 7.95. The molecule has 1 aliphatic carbocycles. The second kappa shape index (κ2) is 6.93. The van der Waals surface area contributed by atoms with E-state index < -0.39 is 12.0 Å². The topological polar surface area (TPSA) is 99.7 Å². The lowest BCUT2D eigenvalue weighted by atomic mass is 9.78. The van der Waals surface area contributed by atoms with Gasteiger partial charge in [-0.25, -0.2) is 4.79 Å². The van der Waals surface area contributed by atoms with Crippen molar-refractivity contribution in [2.24, 2.45) is 11.8 Å². The van der Waals surface area contributed by atoms with Gasteiger partial charge in [0, 0.05) is 6.54 Å². The average Bonchev–Trinajstić information content (AvgIpc) is 2.74. The van der Waals surface area contributed by atoms with E-state index in [0.717, 1.165) is 25.7 Å². The van der Waals surface area contributed by atoms with Gasteiger partial charge in [-0.1, -0.05) is 0 Å². The van der Waals surface area contributed by atoms with E-state index in [9.17, 15) is 14.7 Å². The zero-order valence-electron chi connectivity index (χ0n) is 13.5. The number of hydrogen-bond donors (Lipinski definition) is 4. The molecule has 0 spiro atoms. The van der Waals surface area contributed by atoms with Gasteiger partial charge in [0.15, 0.2) is 0 Å². The van der Waals surface area contributed by atoms with E-state index in [1.807, 2.05) is 20.8 Å². The minimum atomic E-state index is -0.961. The van der Waals surface area contributed by atoms with E-state index >= 15 is 0 Å². The van der Waals surface area contributed by atoms with E-state index in [-0.39, 0.29) is 23.9 Å². The van der Waals surface area contributed by atoms with Crippen LogP contribution in [0.25, 0.3) is 0 Å². The van der Waals surface area contributed by atoms with Gasteiger partial charge < -0.3 is 15.2 Å². The van der Waals surface area contributed by atoms with E-state index in [1.165, 1.54) is 0 Å². The summed E-state index contributed by atoms with van der Waals surface area (Å²) in [6, 6.07) is -0.766. The van der Waals surface area contributed by atoms with Crippen molar-refractivity contribution in [1.29, 1.82) is 0 Å². The third-order valence-electron chi connectivity index (χ3n) is 4.21. The van der Waals surface area contributed by atoms with Crippen LogP contribution in [0, 0.1) is 11.8 Å². The van der Waals surface area contributed by atoms with Crippen LogP contribution in [-0.2, 0) is 9.53 Å².